The molecule has 3 aromatic rings. The number of para-hydroxylation sites is 1. The van der Waals surface area contributed by atoms with Gasteiger partial charge in [0, 0.05) is 28.0 Å². The van der Waals surface area contributed by atoms with Crippen molar-refractivity contribution in [2.75, 3.05) is 6.61 Å². The van der Waals surface area contributed by atoms with Crippen molar-refractivity contribution in [1.82, 2.24) is 9.97 Å². The van der Waals surface area contributed by atoms with Crippen molar-refractivity contribution in [2.24, 2.45) is 0 Å². The van der Waals surface area contributed by atoms with Gasteiger partial charge in [0.15, 0.2) is 5.69 Å². The van der Waals surface area contributed by atoms with Crippen molar-refractivity contribution in [3.05, 3.63) is 52.1 Å². The Bertz CT molecular complexity index is 778. The van der Waals surface area contributed by atoms with Gasteiger partial charge >= 0.3 is 5.97 Å². The van der Waals surface area contributed by atoms with E-state index in [0.29, 0.717) is 11.6 Å². The number of ether oxygens (including phenoxy) is 1. The lowest BCUT2D eigenvalue weighted by Gasteiger charge is -2.05. The van der Waals surface area contributed by atoms with Gasteiger partial charge in [-0.25, -0.2) is 9.78 Å². The minimum atomic E-state index is -0.866. The summed E-state index contributed by atoms with van der Waals surface area (Å²) in [5.74, 6) is -0.467. The molecule has 1 atom stereocenters. The molecule has 1 aromatic carbocycles. The largest absolute Gasteiger partial charge is 0.461 e. The van der Waals surface area contributed by atoms with Crippen LogP contribution in [0.15, 0.2) is 35.8 Å². The van der Waals surface area contributed by atoms with Gasteiger partial charge in [0.25, 0.3) is 0 Å². The van der Waals surface area contributed by atoms with Crippen molar-refractivity contribution < 1.29 is 14.6 Å². The number of H-pyrrole nitrogens is 1. The average molecular weight is 302 g/mol. The number of aliphatic hydroxyl groups is 1. The Morgan fingerprint density at radius 1 is 1.48 bits per heavy atom. The summed E-state index contributed by atoms with van der Waals surface area (Å²) in [6.45, 7) is 2.04. The van der Waals surface area contributed by atoms with Crippen molar-refractivity contribution in [1.29, 1.82) is 0 Å². The van der Waals surface area contributed by atoms with E-state index in [-0.39, 0.29) is 5.69 Å². The van der Waals surface area contributed by atoms with Crippen molar-refractivity contribution in [3.8, 4) is 0 Å². The van der Waals surface area contributed by atoms with E-state index in [4.69, 9.17) is 4.74 Å². The lowest BCUT2D eigenvalue weighted by atomic mass is 10.1. The van der Waals surface area contributed by atoms with Crippen LogP contribution in [-0.4, -0.2) is 27.7 Å². The maximum atomic E-state index is 11.6. The van der Waals surface area contributed by atoms with Gasteiger partial charge in [-0.15, -0.1) is 11.3 Å². The van der Waals surface area contributed by atoms with Crippen LogP contribution < -0.4 is 0 Å². The minimum Gasteiger partial charge on any atom is -0.461 e. The summed E-state index contributed by atoms with van der Waals surface area (Å²) in [4.78, 5) is 18.9. The Hall–Kier alpha value is -2.18. The van der Waals surface area contributed by atoms with Crippen LogP contribution in [0.25, 0.3) is 10.9 Å². The third kappa shape index (κ3) is 2.55. The van der Waals surface area contributed by atoms with Gasteiger partial charge in [0.1, 0.15) is 11.1 Å². The van der Waals surface area contributed by atoms with Crippen LogP contribution in [0.1, 0.15) is 34.1 Å². The molecule has 0 aliphatic heterocycles. The fourth-order valence-electron chi connectivity index (χ4n) is 2.17. The van der Waals surface area contributed by atoms with E-state index in [1.54, 1.807) is 18.5 Å². The number of aliphatic hydroxyl groups excluding tert-OH is 1. The number of nitrogens with zero attached hydrogens (tertiary/aromatic N) is 1. The number of hydrogen-bond acceptors (Lipinski definition) is 5. The topological polar surface area (TPSA) is 75.2 Å². The summed E-state index contributed by atoms with van der Waals surface area (Å²) < 4.78 is 4.90. The van der Waals surface area contributed by atoms with Crippen LogP contribution in [0.5, 0.6) is 0 Å². The molecule has 0 radical (unpaired) electrons. The Labute approximate surface area is 125 Å². The first-order chi connectivity index (χ1) is 10.2. The second-order valence-corrected chi connectivity index (χ2v) is 5.37. The number of esters is 1. The lowest BCUT2D eigenvalue weighted by Crippen LogP contribution is -2.06. The van der Waals surface area contributed by atoms with Crippen LogP contribution in [0.3, 0.4) is 0 Å². The van der Waals surface area contributed by atoms with E-state index in [2.05, 4.69) is 9.97 Å². The highest BCUT2D eigenvalue weighted by molar-refractivity contribution is 7.09. The highest BCUT2D eigenvalue weighted by Gasteiger charge is 2.20. The normalized spacial score (nSPS) is 12.5. The predicted molar refractivity (Wildman–Crippen MR) is 80.4 cm³/mol. The number of aromatic amines is 1. The van der Waals surface area contributed by atoms with Crippen LogP contribution in [-0.2, 0) is 4.74 Å². The molecule has 0 aliphatic rings. The van der Waals surface area contributed by atoms with Gasteiger partial charge < -0.3 is 14.8 Å². The summed E-state index contributed by atoms with van der Waals surface area (Å²) in [7, 11) is 0. The standard InChI is InChI=1S/C15H14N2O3S/c1-2-20-15(19)12-8-21-14(17-12)13(18)10-7-16-11-6-4-3-5-9(10)11/h3-8,13,16,18H,2H2,1H3. The fraction of sp³-hybridized carbons (Fsp3) is 0.200. The molecule has 21 heavy (non-hydrogen) atoms. The first kappa shape index (κ1) is 13.8. The molecule has 3 rings (SSSR count). The molecule has 1 unspecified atom stereocenters. The Morgan fingerprint density at radius 2 is 2.29 bits per heavy atom. The van der Waals surface area contributed by atoms with E-state index >= 15 is 0 Å². The molecule has 6 heteroatoms. The van der Waals surface area contributed by atoms with E-state index in [1.807, 2.05) is 24.3 Å². The second-order valence-electron chi connectivity index (χ2n) is 4.48. The zero-order valence-corrected chi connectivity index (χ0v) is 12.2. The first-order valence-electron chi connectivity index (χ1n) is 6.57. The molecule has 2 heterocycles. The molecule has 2 aromatic heterocycles. The quantitative estimate of drug-likeness (QED) is 0.727. The number of nitrogens with one attached hydrogen (secondary N) is 1. The van der Waals surface area contributed by atoms with Crippen molar-refractivity contribution in [3.63, 3.8) is 0 Å². The van der Waals surface area contributed by atoms with E-state index in [1.165, 1.54) is 11.3 Å². The lowest BCUT2D eigenvalue weighted by molar-refractivity contribution is 0.0520. The zero-order chi connectivity index (χ0) is 14.8. The molecule has 0 spiro atoms. The van der Waals surface area contributed by atoms with Gasteiger partial charge in [-0.05, 0) is 13.0 Å². The number of rotatable bonds is 4. The van der Waals surface area contributed by atoms with Gasteiger partial charge in [-0.3, -0.25) is 0 Å². The van der Waals surface area contributed by atoms with Gasteiger partial charge in [0.2, 0.25) is 0 Å². The molecular weight excluding hydrogens is 288 g/mol. The smallest absolute Gasteiger partial charge is 0.357 e. The average Bonchev–Trinajstić information content (AvgIpc) is 3.14. The molecule has 0 bridgehead atoms. The third-order valence-corrected chi connectivity index (χ3v) is 4.05. The second kappa shape index (κ2) is 5.67. The fourth-order valence-corrected chi connectivity index (χ4v) is 2.95. The predicted octanol–water partition coefficient (Wildman–Crippen LogP) is 2.88. The third-order valence-electron chi connectivity index (χ3n) is 3.16. The summed E-state index contributed by atoms with van der Waals surface area (Å²) >= 11 is 1.24. The highest BCUT2D eigenvalue weighted by Crippen LogP contribution is 2.30. The molecule has 0 saturated heterocycles. The Balaban J connectivity index is 1.92. The number of hydrogen-bond donors (Lipinski definition) is 2. The zero-order valence-electron chi connectivity index (χ0n) is 11.4. The molecule has 108 valence electrons. The SMILES string of the molecule is CCOC(=O)c1csc(C(O)c2c[nH]c3ccccc23)n1. The monoisotopic (exact) mass is 302 g/mol. The Morgan fingerprint density at radius 3 is 3.10 bits per heavy atom. The molecule has 0 fully saturated rings. The van der Waals surface area contributed by atoms with Crippen LogP contribution >= 0.6 is 11.3 Å². The summed E-state index contributed by atoms with van der Waals surface area (Å²) in [6.07, 6.45) is 0.898. The number of carbonyl (C=O) groups excluding carboxylic acids is 1. The Kier molecular flexibility index (Phi) is 3.72. The number of carbonyl (C=O) groups is 1. The van der Waals surface area contributed by atoms with Gasteiger partial charge in [0.05, 0.1) is 6.61 Å². The number of aromatic nitrogens is 2. The number of thiazole rings is 1. The van der Waals surface area contributed by atoms with E-state index in [9.17, 15) is 9.90 Å². The maximum absolute atomic E-state index is 11.6. The van der Waals surface area contributed by atoms with Crippen molar-refractivity contribution >= 4 is 28.2 Å². The molecule has 0 amide bonds. The first-order valence-corrected chi connectivity index (χ1v) is 7.45. The summed E-state index contributed by atoms with van der Waals surface area (Å²) in [6, 6.07) is 7.72. The van der Waals surface area contributed by atoms with Gasteiger partial charge in [-0.1, -0.05) is 18.2 Å². The maximum Gasteiger partial charge on any atom is 0.357 e. The van der Waals surface area contributed by atoms with E-state index < -0.39 is 12.1 Å². The summed E-state index contributed by atoms with van der Waals surface area (Å²) in [5, 5.41) is 13.5. The highest BCUT2D eigenvalue weighted by atomic mass is 32.1. The number of benzene rings is 1. The summed E-state index contributed by atoms with van der Waals surface area (Å²) in [5.41, 5.74) is 1.93. The molecular formula is C15H14N2O3S. The molecule has 0 aliphatic carbocycles. The van der Waals surface area contributed by atoms with Crippen LogP contribution in [0.4, 0.5) is 0 Å². The van der Waals surface area contributed by atoms with Crippen LogP contribution in [0.2, 0.25) is 0 Å². The molecule has 2 N–H and O–H groups in total. The van der Waals surface area contributed by atoms with Crippen LogP contribution in [0, 0.1) is 0 Å². The van der Waals surface area contributed by atoms with Gasteiger partial charge in [-0.2, -0.15) is 0 Å². The number of fused-ring (bicyclic) bond motifs is 1. The van der Waals surface area contributed by atoms with Crippen molar-refractivity contribution in [2.45, 2.75) is 13.0 Å². The minimum absolute atomic E-state index is 0.232. The molecule has 5 nitrogen and oxygen atoms in total. The van der Waals surface area contributed by atoms with E-state index in [0.717, 1.165) is 16.5 Å². The molecule has 0 saturated carbocycles.